The molecular weight excluding hydrogens is 166 g/mol. The van der Waals surface area contributed by atoms with E-state index in [-0.39, 0.29) is 23.7 Å². The lowest BCUT2D eigenvalue weighted by Gasteiger charge is -2.38. The highest BCUT2D eigenvalue weighted by molar-refractivity contribution is 5.03. The summed E-state index contributed by atoms with van der Waals surface area (Å²) >= 11 is 0. The Balaban J connectivity index is 2.64. The van der Waals surface area contributed by atoms with Crippen LogP contribution < -0.4 is 5.73 Å². The Bertz CT molecular complexity index is 182. The molecule has 1 aliphatic heterocycles. The third kappa shape index (κ3) is 2.03. The molecule has 1 aliphatic rings. The molecule has 0 aromatic carbocycles. The molecule has 0 bridgehead atoms. The summed E-state index contributed by atoms with van der Waals surface area (Å²) in [4.78, 5) is 0. The highest BCUT2D eigenvalue weighted by atomic mass is 16.5. The van der Waals surface area contributed by atoms with Crippen molar-refractivity contribution >= 4 is 0 Å². The molecule has 1 rings (SSSR count). The average Bonchev–Trinajstić information content (AvgIpc) is 2.26. The van der Waals surface area contributed by atoms with Crippen LogP contribution in [0.3, 0.4) is 0 Å². The van der Waals surface area contributed by atoms with Crippen molar-refractivity contribution in [1.29, 1.82) is 0 Å². The van der Waals surface area contributed by atoms with Gasteiger partial charge in [-0.15, -0.1) is 0 Å². The van der Waals surface area contributed by atoms with Crippen molar-refractivity contribution in [2.45, 2.75) is 44.8 Å². The predicted octanol–water partition coefficient (Wildman–Crippen LogP) is 0.901. The standard InChI is InChI=1S/C10H21NO2/c1-8(7-12)6-10(11)4-5-13-9(10,2)3/h8,12H,4-7,11H2,1-3H3. The first-order valence-electron chi connectivity index (χ1n) is 4.95. The minimum atomic E-state index is -0.269. The van der Waals surface area contributed by atoms with Gasteiger partial charge in [0, 0.05) is 18.8 Å². The minimum Gasteiger partial charge on any atom is -0.396 e. The zero-order valence-electron chi connectivity index (χ0n) is 8.84. The summed E-state index contributed by atoms with van der Waals surface area (Å²) in [6, 6.07) is 0. The second-order valence-electron chi connectivity index (χ2n) is 4.76. The van der Waals surface area contributed by atoms with E-state index in [1.165, 1.54) is 0 Å². The number of aliphatic hydroxyl groups is 1. The monoisotopic (exact) mass is 187 g/mol. The van der Waals surface area contributed by atoms with E-state index >= 15 is 0 Å². The van der Waals surface area contributed by atoms with Gasteiger partial charge < -0.3 is 15.6 Å². The first kappa shape index (κ1) is 11.0. The fourth-order valence-electron chi connectivity index (χ4n) is 1.97. The van der Waals surface area contributed by atoms with E-state index in [0.717, 1.165) is 19.4 Å². The van der Waals surface area contributed by atoms with E-state index < -0.39 is 0 Å². The Hall–Kier alpha value is -0.120. The van der Waals surface area contributed by atoms with Crippen molar-refractivity contribution in [2.24, 2.45) is 11.7 Å². The molecule has 0 amide bonds. The summed E-state index contributed by atoms with van der Waals surface area (Å²) < 4.78 is 5.59. The van der Waals surface area contributed by atoms with Crippen molar-refractivity contribution in [2.75, 3.05) is 13.2 Å². The van der Waals surface area contributed by atoms with Crippen LogP contribution in [0.2, 0.25) is 0 Å². The minimum absolute atomic E-state index is 0.203. The van der Waals surface area contributed by atoms with Gasteiger partial charge in [-0.2, -0.15) is 0 Å². The Labute approximate surface area is 80.3 Å². The lowest BCUT2D eigenvalue weighted by molar-refractivity contribution is -0.00796. The summed E-state index contributed by atoms with van der Waals surface area (Å²) in [5.74, 6) is 0.256. The van der Waals surface area contributed by atoms with E-state index in [4.69, 9.17) is 15.6 Å². The fraction of sp³-hybridized carbons (Fsp3) is 1.00. The van der Waals surface area contributed by atoms with Crippen LogP contribution in [0.5, 0.6) is 0 Å². The lowest BCUT2D eigenvalue weighted by atomic mass is 9.77. The van der Waals surface area contributed by atoms with Gasteiger partial charge in [-0.1, -0.05) is 6.92 Å². The largest absolute Gasteiger partial charge is 0.396 e. The number of ether oxygens (including phenoxy) is 1. The van der Waals surface area contributed by atoms with Crippen LogP contribution >= 0.6 is 0 Å². The molecule has 78 valence electrons. The molecule has 0 aliphatic carbocycles. The van der Waals surface area contributed by atoms with Gasteiger partial charge in [0.25, 0.3) is 0 Å². The lowest BCUT2D eigenvalue weighted by Crippen LogP contribution is -2.55. The molecule has 1 saturated heterocycles. The molecule has 0 saturated carbocycles. The summed E-state index contributed by atoms with van der Waals surface area (Å²) in [6.45, 7) is 7.02. The van der Waals surface area contributed by atoms with Crippen molar-refractivity contribution in [1.82, 2.24) is 0 Å². The number of hydrogen-bond donors (Lipinski definition) is 2. The smallest absolute Gasteiger partial charge is 0.0806 e. The first-order valence-corrected chi connectivity index (χ1v) is 4.95. The third-order valence-corrected chi connectivity index (χ3v) is 3.23. The van der Waals surface area contributed by atoms with Crippen LogP contribution in [0.15, 0.2) is 0 Å². The maximum Gasteiger partial charge on any atom is 0.0806 e. The van der Waals surface area contributed by atoms with Crippen LogP contribution in [0, 0.1) is 5.92 Å². The van der Waals surface area contributed by atoms with Gasteiger partial charge in [-0.3, -0.25) is 0 Å². The summed E-state index contributed by atoms with van der Waals surface area (Å²) in [5.41, 5.74) is 5.75. The maximum atomic E-state index is 8.98. The fourth-order valence-corrected chi connectivity index (χ4v) is 1.97. The van der Waals surface area contributed by atoms with E-state index in [0.29, 0.717) is 0 Å². The van der Waals surface area contributed by atoms with E-state index in [9.17, 15) is 0 Å². The predicted molar refractivity (Wildman–Crippen MR) is 52.4 cm³/mol. The average molecular weight is 187 g/mol. The van der Waals surface area contributed by atoms with Gasteiger partial charge in [-0.05, 0) is 32.6 Å². The SMILES string of the molecule is CC(CO)CC1(N)CCOC1(C)C. The summed E-state index contributed by atoms with van der Waals surface area (Å²) in [7, 11) is 0. The number of rotatable bonds is 3. The topological polar surface area (TPSA) is 55.5 Å². The van der Waals surface area contributed by atoms with Crippen molar-refractivity contribution < 1.29 is 9.84 Å². The number of hydrogen-bond acceptors (Lipinski definition) is 3. The molecule has 2 atom stereocenters. The highest BCUT2D eigenvalue weighted by Crippen LogP contribution is 2.37. The van der Waals surface area contributed by atoms with Gasteiger partial charge in [0.15, 0.2) is 0 Å². The molecular formula is C10H21NO2. The Kier molecular flexibility index (Phi) is 3.00. The van der Waals surface area contributed by atoms with Gasteiger partial charge in [0.2, 0.25) is 0 Å². The van der Waals surface area contributed by atoms with E-state index in [2.05, 4.69) is 0 Å². The zero-order chi connectivity index (χ0) is 10.1. The van der Waals surface area contributed by atoms with Crippen molar-refractivity contribution in [3.63, 3.8) is 0 Å². The highest BCUT2D eigenvalue weighted by Gasteiger charge is 2.47. The van der Waals surface area contributed by atoms with Crippen LogP contribution in [0.1, 0.15) is 33.6 Å². The van der Waals surface area contributed by atoms with Crippen LogP contribution in [-0.4, -0.2) is 29.5 Å². The Morgan fingerprint density at radius 3 is 2.54 bits per heavy atom. The van der Waals surface area contributed by atoms with Crippen molar-refractivity contribution in [3.05, 3.63) is 0 Å². The molecule has 13 heavy (non-hydrogen) atoms. The Morgan fingerprint density at radius 2 is 2.15 bits per heavy atom. The van der Waals surface area contributed by atoms with Crippen LogP contribution in [-0.2, 0) is 4.74 Å². The Morgan fingerprint density at radius 1 is 1.54 bits per heavy atom. The summed E-state index contributed by atoms with van der Waals surface area (Å²) in [6.07, 6.45) is 1.72. The van der Waals surface area contributed by atoms with Crippen LogP contribution in [0.25, 0.3) is 0 Å². The molecule has 0 radical (unpaired) electrons. The van der Waals surface area contributed by atoms with Gasteiger partial charge >= 0.3 is 0 Å². The molecule has 0 spiro atoms. The van der Waals surface area contributed by atoms with Crippen molar-refractivity contribution in [3.8, 4) is 0 Å². The normalized spacial score (nSPS) is 34.8. The van der Waals surface area contributed by atoms with Crippen LogP contribution in [0.4, 0.5) is 0 Å². The summed E-state index contributed by atoms with van der Waals surface area (Å²) in [5, 5.41) is 8.98. The quantitative estimate of drug-likeness (QED) is 0.690. The molecule has 2 unspecified atom stereocenters. The van der Waals surface area contributed by atoms with Gasteiger partial charge in [-0.25, -0.2) is 0 Å². The molecule has 3 heteroatoms. The molecule has 1 heterocycles. The van der Waals surface area contributed by atoms with Gasteiger partial charge in [0.1, 0.15) is 0 Å². The molecule has 3 nitrogen and oxygen atoms in total. The second-order valence-corrected chi connectivity index (χ2v) is 4.76. The second kappa shape index (κ2) is 3.56. The van der Waals surface area contributed by atoms with E-state index in [1.807, 2.05) is 20.8 Å². The maximum absolute atomic E-state index is 8.98. The third-order valence-electron chi connectivity index (χ3n) is 3.23. The molecule has 1 fully saturated rings. The molecule has 0 aromatic rings. The van der Waals surface area contributed by atoms with E-state index in [1.54, 1.807) is 0 Å². The number of nitrogens with two attached hydrogens (primary N) is 1. The zero-order valence-corrected chi connectivity index (χ0v) is 8.84. The molecule has 3 N–H and O–H groups in total. The molecule has 0 aromatic heterocycles. The first-order chi connectivity index (χ1) is 5.91. The van der Waals surface area contributed by atoms with Gasteiger partial charge in [0.05, 0.1) is 5.60 Å². The number of aliphatic hydroxyl groups excluding tert-OH is 1.